The van der Waals surface area contributed by atoms with Gasteiger partial charge in [-0.05, 0) is 57.0 Å². The van der Waals surface area contributed by atoms with Gasteiger partial charge in [0, 0.05) is 7.11 Å². The Bertz CT molecular complexity index is 261. The standard InChI is InChI=1S/C12H21NO3/c1-16-12(10(14)15)4-2-11(3-5-12)6-8-13-9-7-11/h13H,2-9H2,1H3,(H,14,15). The van der Waals surface area contributed by atoms with Gasteiger partial charge in [0.25, 0.3) is 0 Å². The van der Waals surface area contributed by atoms with Crippen LogP contribution in [0.1, 0.15) is 38.5 Å². The highest BCUT2D eigenvalue weighted by atomic mass is 16.5. The smallest absolute Gasteiger partial charge is 0.335 e. The normalized spacial score (nSPS) is 27.8. The number of carbonyl (C=O) groups is 1. The summed E-state index contributed by atoms with van der Waals surface area (Å²) in [5, 5.41) is 12.6. The van der Waals surface area contributed by atoms with E-state index < -0.39 is 11.6 Å². The number of hydrogen-bond donors (Lipinski definition) is 2. The summed E-state index contributed by atoms with van der Waals surface area (Å²) in [6.07, 6.45) is 5.69. The van der Waals surface area contributed by atoms with Gasteiger partial charge in [0.15, 0.2) is 5.60 Å². The molecule has 4 nitrogen and oxygen atoms in total. The lowest BCUT2D eigenvalue weighted by Crippen LogP contribution is -2.49. The molecular weight excluding hydrogens is 206 g/mol. The van der Waals surface area contributed by atoms with Crippen molar-refractivity contribution in [1.82, 2.24) is 5.32 Å². The van der Waals surface area contributed by atoms with Gasteiger partial charge in [-0.1, -0.05) is 0 Å². The zero-order valence-electron chi connectivity index (χ0n) is 9.92. The molecule has 1 saturated heterocycles. The Morgan fingerprint density at radius 2 is 1.69 bits per heavy atom. The highest BCUT2D eigenvalue weighted by Gasteiger charge is 2.47. The maximum atomic E-state index is 11.2. The van der Waals surface area contributed by atoms with Crippen molar-refractivity contribution in [2.75, 3.05) is 20.2 Å². The first-order chi connectivity index (χ1) is 7.63. The number of piperidine rings is 1. The summed E-state index contributed by atoms with van der Waals surface area (Å²) in [5.74, 6) is -0.793. The molecule has 1 aliphatic carbocycles. The number of carboxylic acid groups (broad SMARTS) is 1. The van der Waals surface area contributed by atoms with Crippen LogP contribution in [-0.4, -0.2) is 36.9 Å². The molecule has 92 valence electrons. The molecule has 1 heterocycles. The van der Waals surface area contributed by atoms with E-state index in [1.165, 1.54) is 20.0 Å². The fraction of sp³-hybridized carbons (Fsp3) is 0.917. The van der Waals surface area contributed by atoms with Crippen LogP contribution in [0.15, 0.2) is 0 Å². The first kappa shape index (κ1) is 11.9. The highest BCUT2D eigenvalue weighted by molar-refractivity contribution is 5.77. The molecule has 0 unspecified atom stereocenters. The van der Waals surface area contributed by atoms with Gasteiger partial charge in [-0.25, -0.2) is 4.79 Å². The van der Waals surface area contributed by atoms with Crippen LogP contribution in [0, 0.1) is 5.41 Å². The van der Waals surface area contributed by atoms with E-state index in [1.54, 1.807) is 0 Å². The van der Waals surface area contributed by atoms with E-state index in [1.807, 2.05) is 0 Å². The molecule has 1 spiro atoms. The van der Waals surface area contributed by atoms with Crippen LogP contribution in [0.5, 0.6) is 0 Å². The molecule has 0 atom stereocenters. The van der Waals surface area contributed by atoms with Crippen LogP contribution in [-0.2, 0) is 9.53 Å². The zero-order valence-corrected chi connectivity index (χ0v) is 9.92. The minimum atomic E-state index is -0.907. The second-order valence-electron chi connectivity index (χ2n) is 5.25. The average Bonchev–Trinajstić information content (AvgIpc) is 2.31. The Labute approximate surface area is 96.4 Å². The number of ether oxygens (including phenoxy) is 1. The summed E-state index contributed by atoms with van der Waals surface area (Å²) in [6.45, 7) is 2.15. The Morgan fingerprint density at radius 3 is 2.12 bits per heavy atom. The van der Waals surface area contributed by atoms with E-state index in [0.717, 1.165) is 25.9 Å². The van der Waals surface area contributed by atoms with Crippen LogP contribution in [0.25, 0.3) is 0 Å². The van der Waals surface area contributed by atoms with E-state index in [9.17, 15) is 9.90 Å². The second-order valence-corrected chi connectivity index (χ2v) is 5.25. The lowest BCUT2D eigenvalue weighted by molar-refractivity contribution is -0.170. The molecule has 4 heteroatoms. The van der Waals surface area contributed by atoms with Gasteiger partial charge in [-0.3, -0.25) is 0 Å². The maximum Gasteiger partial charge on any atom is 0.335 e. The Hall–Kier alpha value is -0.610. The van der Waals surface area contributed by atoms with Crippen molar-refractivity contribution in [2.45, 2.75) is 44.1 Å². The van der Waals surface area contributed by atoms with Gasteiger partial charge in [0.1, 0.15) is 0 Å². The minimum absolute atomic E-state index is 0.392. The first-order valence-corrected chi connectivity index (χ1v) is 6.12. The number of nitrogens with one attached hydrogen (secondary N) is 1. The fourth-order valence-electron chi connectivity index (χ4n) is 3.15. The third-order valence-electron chi connectivity index (χ3n) is 4.56. The SMILES string of the molecule is COC1(C(=O)O)CCC2(CCNCC2)CC1. The van der Waals surface area contributed by atoms with Crippen molar-refractivity contribution in [3.8, 4) is 0 Å². The number of hydrogen-bond acceptors (Lipinski definition) is 3. The molecule has 0 radical (unpaired) electrons. The van der Waals surface area contributed by atoms with Crippen LogP contribution in [0.2, 0.25) is 0 Å². The van der Waals surface area contributed by atoms with E-state index in [4.69, 9.17) is 4.74 Å². The van der Waals surface area contributed by atoms with E-state index in [-0.39, 0.29) is 0 Å². The van der Waals surface area contributed by atoms with Crippen LogP contribution >= 0.6 is 0 Å². The third kappa shape index (κ3) is 1.96. The second kappa shape index (κ2) is 4.34. The Kier molecular flexibility index (Phi) is 3.22. The summed E-state index contributed by atoms with van der Waals surface area (Å²) >= 11 is 0. The quantitative estimate of drug-likeness (QED) is 0.748. The van der Waals surface area contributed by atoms with Crippen molar-refractivity contribution in [1.29, 1.82) is 0 Å². The third-order valence-corrected chi connectivity index (χ3v) is 4.56. The Balaban J connectivity index is 2.02. The van der Waals surface area contributed by atoms with Gasteiger partial charge >= 0.3 is 5.97 Å². The van der Waals surface area contributed by atoms with Gasteiger partial charge in [-0.2, -0.15) is 0 Å². The Morgan fingerprint density at radius 1 is 1.12 bits per heavy atom. The summed E-state index contributed by atoms with van der Waals surface area (Å²) in [6, 6.07) is 0. The molecule has 0 aromatic heterocycles. The number of rotatable bonds is 2. The first-order valence-electron chi connectivity index (χ1n) is 6.12. The number of carboxylic acids is 1. The molecule has 1 saturated carbocycles. The van der Waals surface area contributed by atoms with Crippen molar-refractivity contribution >= 4 is 5.97 Å². The van der Waals surface area contributed by atoms with Gasteiger partial charge < -0.3 is 15.2 Å². The van der Waals surface area contributed by atoms with Gasteiger partial charge in [0.05, 0.1) is 0 Å². The van der Waals surface area contributed by atoms with Crippen LogP contribution in [0.4, 0.5) is 0 Å². The summed E-state index contributed by atoms with van der Waals surface area (Å²) < 4.78 is 5.26. The average molecular weight is 227 g/mol. The van der Waals surface area contributed by atoms with Crippen molar-refractivity contribution in [2.24, 2.45) is 5.41 Å². The summed E-state index contributed by atoms with van der Waals surface area (Å²) in [4.78, 5) is 11.2. The number of methoxy groups -OCH3 is 1. The molecule has 2 aliphatic rings. The molecule has 0 bridgehead atoms. The maximum absolute atomic E-state index is 11.2. The fourth-order valence-corrected chi connectivity index (χ4v) is 3.15. The molecule has 2 fully saturated rings. The van der Waals surface area contributed by atoms with Crippen molar-refractivity contribution < 1.29 is 14.6 Å². The molecule has 1 aliphatic heterocycles. The highest BCUT2D eigenvalue weighted by Crippen LogP contribution is 2.47. The summed E-state index contributed by atoms with van der Waals surface area (Å²) in [5.41, 5.74) is -0.515. The lowest BCUT2D eigenvalue weighted by Gasteiger charge is -2.46. The molecule has 0 aromatic rings. The molecule has 2 N–H and O–H groups in total. The largest absolute Gasteiger partial charge is 0.479 e. The van der Waals surface area contributed by atoms with Crippen LogP contribution < -0.4 is 5.32 Å². The number of aliphatic carboxylic acids is 1. The van der Waals surface area contributed by atoms with Gasteiger partial charge in [0.2, 0.25) is 0 Å². The predicted molar refractivity (Wildman–Crippen MR) is 60.4 cm³/mol. The zero-order chi connectivity index (χ0) is 11.6. The molecule has 16 heavy (non-hydrogen) atoms. The van der Waals surface area contributed by atoms with E-state index in [0.29, 0.717) is 18.3 Å². The van der Waals surface area contributed by atoms with E-state index in [2.05, 4.69) is 5.32 Å². The van der Waals surface area contributed by atoms with Crippen molar-refractivity contribution in [3.63, 3.8) is 0 Å². The molecule has 0 aromatic carbocycles. The van der Waals surface area contributed by atoms with E-state index >= 15 is 0 Å². The molecule has 0 amide bonds. The van der Waals surface area contributed by atoms with Crippen molar-refractivity contribution in [3.05, 3.63) is 0 Å². The lowest BCUT2D eigenvalue weighted by atomic mass is 9.64. The predicted octanol–water partition coefficient (Wildman–Crippen LogP) is 1.40. The molecular formula is C12H21NO3. The monoisotopic (exact) mass is 227 g/mol. The van der Waals surface area contributed by atoms with Gasteiger partial charge in [-0.15, -0.1) is 0 Å². The van der Waals surface area contributed by atoms with Crippen LogP contribution in [0.3, 0.4) is 0 Å². The molecule has 2 rings (SSSR count). The minimum Gasteiger partial charge on any atom is -0.479 e. The topological polar surface area (TPSA) is 58.6 Å². The summed E-state index contributed by atoms with van der Waals surface area (Å²) in [7, 11) is 1.52.